The van der Waals surface area contributed by atoms with Crippen LogP contribution in [0.4, 0.5) is 11.4 Å². The summed E-state index contributed by atoms with van der Waals surface area (Å²) in [6, 6.07) is 7.79. The normalized spacial score (nSPS) is 10.3. The lowest BCUT2D eigenvalue weighted by Gasteiger charge is -2.25. The van der Waals surface area contributed by atoms with E-state index in [0.29, 0.717) is 19.8 Å². The molecule has 1 amide bonds. The Morgan fingerprint density at radius 2 is 2.05 bits per heavy atom. The van der Waals surface area contributed by atoms with E-state index in [1.165, 1.54) is 6.92 Å². The molecular formula is C15H24N2O3. The van der Waals surface area contributed by atoms with Crippen LogP contribution in [0.5, 0.6) is 0 Å². The molecule has 5 nitrogen and oxygen atoms in total. The highest BCUT2D eigenvalue weighted by atomic mass is 16.5. The van der Waals surface area contributed by atoms with E-state index in [9.17, 15) is 4.79 Å². The first kappa shape index (κ1) is 16.5. The van der Waals surface area contributed by atoms with Crippen molar-refractivity contribution in [2.75, 3.05) is 50.2 Å². The van der Waals surface area contributed by atoms with E-state index in [1.54, 1.807) is 7.11 Å². The maximum atomic E-state index is 11.1. The van der Waals surface area contributed by atoms with Crippen molar-refractivity contribution < 1.29 is 14.3 Å². The van der Waals surface area contributed by atoms with Crippen molar-refractivity contribution >= 4 is 17.3 Å². The Balaban J connectivity index is 2.74. The van der Waals surface area contributed by atoms with Crippen molar-refractivity contribution in [3.8, 4) is 0 Å². The number of hydrogen-bond donors (Lipinski definition) is 1. The summed E-state index contributed by atoms with van der Waals surface area (Å²) in [5.74, 6) is -0.0695. The van der Waals surface area contributed by atoms with Gasteiger partial charge < -0.3 is 19.7 Å². The largest absolute Gasteiger partial charge is 0.383 e. The molecule has 1 rings (SSSR count). The average molecular weight is 280 g/mol. The standard InChI is InChI=1S/C15H24N2O3/c1-4-20-11-9-17(8-10-19-3)15-7-5-6-14(12-15)16-13(2)18/h5-7,12H,4,8-11H2,1-3H3,(H,16,18). The lowest BCUT2D eigenvalue weighted by Crippen LogP contribution is -2.30. The van der Waals surface area contributed by atoms with E-state index < -0.39 is 0 Å². The first-order chi connectivity index (χ1) is 9.67. The van der Waals surface area contributed by atoms with Gasteiger partial charge in [-0.3, -0.25) is 4.79 Å². The van der Waals surface area contributed by atoms with Gasteiger partial charge in [-0.05, 0) is 25.1 Å². The molecule has 0 atom stereocenters. The number of amides is 1. The van der Waals surface area contributed by atoms with Crippen LogP contribution in [0.25, 0.3) is 0 Å². The van der Waals surface area contributed by atoms with Gasteiger partial charge in [-0.25, -0.2) is 0 Å². The molecule has 0 radical (unpaired) electrons. The molecule has 1 N–H and O–H groups in total. The van der Waals surface area contributed by atoms with Gasteiger partial charge in [-0.1, -0.05) is 6.07 Å². The molecule has 112 valence electrons. The smallest absolute Gasteiger partial charge is 0.221 e. The van der Waals surface area contributed by atoms with Gasteiger partial charge in [0, 0.05) is 45.1 Å². The summed E-state index contributed by atoms with van der Waals surface area (Å²) in [6.45, 7) is 7.10. The minimum absolute atomic E-state index is 0.0695. The van der Waals surface area contributed by atoms with Gasteiger partial charge in [0.05, 0.1) is 13.2 Å². The summed E-state index contributed by atoms with van der Waals surface area (Å²) in [6.07, 6.45) is 0. The highest BCUT2D eigenvalue weighted by Gasteiger charge is 2.07. The number of hydrogen-bond acceptors (Lipinski definition) is 4. The van der Waals surface area contributed by atoms with Crippen LogP contribution in [0.2, 0.25) is 0 Å². The van der Waals surface area contributed by atoms with E-state index in [-0.39, 0.29) is 5.91 Å². The lowest BCUT2D eigenvalue weighted by atomic mass is 10.2. The molecule has 0 aliphatic heterocycles. The fourth-order valence-corrected chi connectivity index (χ4v) is 1.87. The van der Waals surface area contributed by atoms with Crippen LogP contribution in [0.1, 0.15) is 13.8 Å². The third-order valence-electron chi connectivity index (χ3n) is 2.81. The van der Waals surface area contributed by atoms with Crippen LogP contribution < -0.4 is 10.2 Å². The predicted octanol–water partition coefficient (Wildman–Crippen LogP) is 2.13. The molecule has 0 aliphatic carbocycles. The second-order valence-corrected chi connectivity index (χ2v) is 4.41. The van der Waals surface area contributed by atoms with Crippen LogP contribution in [-0.4, -0.2) is 45.9 Å². The first-order valence-corrected chi connectivity index (χ1v) is 6.86. The molecular weight excluding hydrogens is 256 g/mol. The van der Waals surface area contributed by atoms with Gasteiger partial charge in [0.2, 0.25) is 5.91 Å². The fourth-order valence-electron chi connectivity index (χ4n) is 1.87. The highest BCUT2D eigenvalue weighted by Crippen LogP contribution is 2.19. The third kappa shape index (κ3) is 6.04. The topological polar surface area (TPSA) is 50.8 Å². The molecule has 0 fully saturated rings. The van der Waals surface area contributed by atoms with Gasteiger partial charge in [-0.15, -0.1) is 0 Å². The predicted molar refractivity (Wildman–Crippen MR) is 81.3 cm³/mol. The van der Waals surface area contributed by atoms with Crippen molar-refractivity contribution in [1.82, 2.24) is 0 Å². The second kappa shape index (κ2) is 9.34. The number of benzene rings is 1. The van der Waals surface area contributed by atoms with E-state index in [2.05, 4.69) is 10.2 Å². The van der Waals surface area contributed by atoms with E-state index in [1.807, 2.05) is 31.2 Å². The Hall–Kier alpha value is -1.59. The zero-order chi connectivity index (χ0) is 14.8. The van der Waals surface area contributed by atoms with Crippen LogP contribution >= 0.6 is 0 Å². The Morgan fingerprint density at radius 3 is 2.70 bits per heavy atom. The van der Waals surface area contributed by atoms with Crippen LogP contribution in [0.3, 0.4) is 0 Å². The number of carbonyl (C=O) groups is 1. The number of methoxy groups -OCH3 is 1. The monoisotopic (exact) mass is 280 g/mol. The van der Waals surface area contributed by atoms with Gasteiger partial charge >= 0.3 is 0 Å². The summed E-state index contributed by atoms with van der Waals surface area (Å²) < 4.78 is 10.6. The summed E-state index contributed by atoms with van der Waals surface area (Å²) in [4.78, 5) is 13.3. The van der Waals surface area contributed by atoms with Crippen molar-refractivity contribution in [1.29, 1.82) is 0 Å². The summed E-state index contributed by atoms with van der Waals surface area (Å²) in [5.41, 5.74) is 1.85. The molecule has 0 unspecified atom stereocenters. The Labute approximate surface area is 120 Å². The Kier molecular flexibility index (Phi) is 7.69. The van der Waals surface area contributed by atoms with Gasteiger partial charge in [0.25, 0.3) is 0 Å². The number of rotatable bonds is 9. The van der Waals surface area contributed by atoms with Gasteiger partial charge in [-0.2, -0.15) is 0 Å². The van der Waals surface area contributed by atoms with E-state index >= 15 is 0 Å². The minimum atomic E-state index is -0.0695. The molecule has 20 heavy (non-hydrogen) atoms. The summed E-state index contributed by atoms with van der Waals surface area (Å²) in [5, 5.41) is 2.80. The maximum absolute atomic E-state index is 11.1. The molecule has 0 aromatic heterocycles. The van der Waals surface area contributed by atoms with E-state index in [4.69, 9.17) is 9.47 Å². The number of nitrogens with zero attached hydrogens (tertiary/aromatic N) is 1. The minimum Gasteiger partial charge on any atom is -0.383 e. The Morgan fingerprint density at radius 1 is 1.30 bits per heavy atom. The Bertz CT molecular complexity index is 410. The second-order valence-electron chi connectivity index (χ2n) is 4.41. The SMILES string of the molecule is CCOCCN(CCOC)c1cccc(NC(C)=O)c1. The number of nitrogens with one attached hydrogen (secondary N) is 1. The maximum Gasteiger partial charge on any atom is 0.221 e. The lowest BCUT2D eigenvalue weighted by molar-refractivity contribution is -0.114. The average Bonchev–Trinajstić information content (AvgIpc) is 2.42. The summed E-state index contributed by atoms with van der Waals surface area (Å²) in [7, 11) is 1.69. The van der Waals surface area contributed by atoms with Crippen molar-refractivity contribution in [3.05, 3.63) is 24.3 Å². The van der Waals surface area contributed by atoms with Gasteiger partial charge in [0.1, 0.15) is 0 Å². The number of anilines is 2. The van der Waals surface area contributed by atoms with Crippen molar-refractivity contribution in [3.63, 3.8) is 0 Å². The molecule has 0 spiro atoms. The third-order valence-corrected chi connectivity index (χ3v) is 2.81. The van der Waals surface area contributed by atoms with Gasteiger partial charge in [0.15, 0.2) is 0 Å². The zero-order valence-corrected chi connectivity index (χ0v) is 12.5. The summed E-state index contributed by atoms with van der Waals surface area (Å²) >= 11 is 0. The molecule has 1 aromatic carbocycles. The van der Waals surface area contributed by atoms with Crippen LogP contribution in [-0.2, 0) is 14.3 Å². The number of ether oxygens (including phenoxy) is 2. The molecule has 5 heteroatoms. The molecule has 0 bridgehead atoms. The fraction of sp³-hybridized carbons (Fsp3) is 0.533. The van der Waals surface area contributed by atoms with Crippen LogP contribution in [0, 0.1) is 0 Å². The van der Waals surface area contributed by atoms with E-state index in [0.717, 1.165) is 24.5 Å². The molecule has 0 heterocycles. The van der Waals surface area contributed by atoms with Crippen molar-refractivity contribution in [2.45, 2.75) is 13.8 Å². The van der Waals surface area contributed by atoms with Crippen molar-refractivity contribution in [2.24, 2.45) is 0 Å². The molecule has 0 saturated heterocycles. The first-order valence-electron chi connectivity index (χ1n) is 6.86. The molecule has 0 aliphatic rings. The quantitative estimate of drug-likeness (QED) is 0.704. The number of carbonyl (C=O) groups excluding carboxylic acids is 1. The van der Waals surface area contributed by atoms with Crippen LogP contribution in [0.15, 0.2) is 24.3 Å². The molecule has 0 saturated carbocycles. The molecule has 1 aromatic rings. The highest BCUT2D eigenvalue weighted by molar-refractivity contribution is 5.89. The zero-order valence-electron chi connectivity index (χ0n) is 12.5.